The summed E-state index contributed by atoms with van der Waals surface area (Å²) in [6.07, 6.45) is 4.91. The van der Waals surface area contributed by atoms with Crippen LogP contribution >= 0.6 is 0 Å². The monoisotopic (exact) mass is 376 g/mol. The second-order valence-corrected chi connectivity index (χ2v) is 6.53. The molecule has 0 radical (unpaired) electrons. The SMILES string of the molecule is C[C@H]1Oc2ccccc2N(CCC(=O)Nc2ccc(-n3ccnc3)cc2)C1=O. The second kappa shape index (κ2) is 7.56. The molecule has 1 aromatic heterocycles. The van der Waals surface area contributed by atoms with Crippen LogP contribution in [0.4, 0.5) is 11.4 Å². The highest BCUT2D eigenvalue weighted by atomic mass is 16.5. The molecule has 0 bridgehead atoms. The van der Waals surface area contributed by atoms with E-state index in [1.807, 2.05) is 59.3 Å². The van der Waals surface area contributed by atoms with Crippen LogP contribution in [0, 0.1) is 0 Å². The molecular formula is C21H20N4O3. The first kappa shape index (κ1) is 17.8. The molecule has 0 spiro atoms. The first-order chi connectivity index (χ1) is 13.6. The maximum Gasteiger partial charge on any atom is 0.267 e. The van der Waals surface area contributed by atoms with E-state index in [0.717, 1.165) is 5.69 Å². The van der Waals surface area contributed by atoms with Crippen molar-refractivity contribution >= 4 is 23.2 Å². The molecule has 0 aliphatic carbocycles. The molecule has 4 rings (SSSR count). The summed E-state index contributed by atoms with van der Waals surface area (Å²) >= 11 is 0. The van der Waals surface area contributed by atoms with Gasteiger partial charge in [-0.15, -0.1) is 0 Å². The van der Waals surface area contributed by atoms with Crippen molar-refractivity contribution < 1.29 is 14.3 Å². The number of aromatic nitrogens is 2. The van der Waals surface area contributed by atoms with Gasteiger partial charge < -0.3 is 19.5 Å². The molecular weight excluding hydrogens is 356 g/mol. The molecule has 7 nitrogen and oxygen atoms in total. The molecule has 0 saturated carbocycles. The van der Waals surface area contributed by atoms with Crippen LogP contribution in [0.15, 0.2) is 67.3 Å². The van der Waals surface area contributed by atoms with Crippen LogP contribution in [0.3, 0.4) is 0 Å². The molecule has 1 aliphatic heterocycles. The third-order valence-electron chi connectivity index (χ3n) is 4.59. The zero-order valence-electron chi connectivity index (χ0n) is 15.4. The molecule has 2 aromatic carbocycles. The summed E-state index contributed by atoms with van der Waals surface area (Å²) in [5.74, 6) is 0.362. The number of hydrogen-bond donors (Lipinski definition) is 1. The van der Waals surface area contributed by atoms with Crippen molar-refractivity contribution in [3.05, 3.63) is 67.3 Å². The van der Waals surface area contributed by atoms with Crippen molar-refractivity contribution in [1.82, 2.24) is 9.55 Å². The van der Waals surface area contributed by atoms with Gasteiger partial charge in [0.15, 0.2) is 6.10 Å². The van der Waals surface area contributed by atoms with E-state index in [4.69, 9.17) is 4.74 Å². The molecule has 142 valence electrons. The first-order valence-corrected chi connectivity index (χ1v) is 9.07. The second-order valence-electron chi connectivity index (χ2n) is 6.53. The lowest BCUT2D eigenvalue weighted by atomic mass is 10.1. The number of amides is 2. The van der Waals surface area contributed by atoms with Gasteiger partial charge in [0, 0.05) is 36.7 Å². The highest BCUT2D eigenvalue weighted by Crippen LogP contribution is 2.33. The zero-order chi connectivity index (χ0) is 19.5. The lowest BCUT2D eigenvalue weighted by Crippen LogP contribution is -2.45. The molecule has 0 saturated heterocycles. The molecule has 2 heterocycles. The van der Waals surface area contributed by atoms with Gasteiger partial charge in [-0.1, -0.05) is 12.1 Å². The number of hydrogen-bond acceptors (Lipinski definition) is 4. The van der Waals surface area contributed by atoms with E-state index in [0.29, 0.717) is 23.7 Å². The third kappa shape index (κ3) is 3.59. The van der Waals surface area contributed by atoms with E-state index in [1.165, 1.54) is 0 Å². The van der Waals surface area contributed by atoms with E-state index in [2.05, 4.69) is 10.3 Å². The Morgan fingerprint density at radius 2 is 1.96 bits per heavy atom. The third-order valence-corrected chi connectivity index (χ3v) is 4.59. The number of fused-ring (bicyclic) bond motifs is 1. The van der Waals surface area contributed by atoms with Crippen LogP contribution < -0.4 is 15.0 Å². The maximum atomic E-state index is 12.5. The van der Waals surface area contributed by atoms with Gasteiger partial charge in [-0.25, -0.2) is 4.98 Å². The minimum Gasteiger partial charge on any atom is -0.479 e. The lowest BCUT2D eigenvalue weighted by Gasteiger charge is -2.32. The number of benzene rings is 2. The highest BCUT2D eigenvalue weighted by molar-refractivity contribution is 6.00. The van der Waals surface area contributed by atoms with E-state index in [9.17, 15) is 9.59 Å². The Kier molecular flexibility index (Phi) is 4.80. The summed E-state index contributed by atoms with van der Waals surface area (Å²) in [6.45, 7) is 2.01. The average Bonchev–Trinajstić information content (AvgIpc) is 3.24. The largest absolute Gasteiger partial charge is 0.479 e. The molecule has 28 heavy (non-hydrogen) atoms. The number of nitrogens with zero attached hydrogens (tertiary/aromatic N) is 3. The number of carbonyl (C=O) groups is 2. The standard InChI is InChI=1S/C21H20N4O3/c1-15-21(27)25(18-4-2-3-5-19(18)28-15)12-10-20(26)23-16-6-8-17(9-7-16)24-13-11-22-14-24/h2-9,11,13-15H,10,12H2,1H3,(H,23,26)/t15-/m1/s1. The van der Waals surface area contributed by atoms with Crippen molar-refractivity contribution in [1.29, 1.82) is 0 Å². The number of ether oxygens (including phenoxy) is 1. The van der Waals surface area contributed by atoms with Crippen LogP contribution in [0.25, 0.3) is 5.69 Å². The fourth-order valence-electron chi connectivity index (χ4n) is 3.16. The van der Waals surface area contributed by atoms with Crippen LogP contribution in [0.2, 0.25) is 0 Å². The van der Waals surface area contributed by atoms with Gasteiger partial charge in [0.05, 0.1) is 12.0 Å². The maximum absolute atomic E-state index is 12.5. The summed E-state index contributed by atoms with van der Waals surface area (Å²) < 4.78 is 7.50. The van der Waals surface area contributed by atoms with E-state index >= 15 is 0 Å². The van der Waals surface area contributed by atoms with Gasteiger partial charge >= 0.3 is 0 Å². The minimum atomic E-state index is -0.561. The molecule has 2 amide bonds. The molecule has 1 aliphatic rings. The molecule has 3 aromatic rings. The van der Waals surface area contributed by atoms with Crippen molar-refractivity contribution in [3.63, 3.8) is 0 Å². The molecule has 0 unspecified atom stereocenters. The Labute approximate surface area is 162 Å². The number of imidazole rings is 1. The van der Waals surface area contributed by atoms with Crippen molar-refractivity contribution in [2.45, 2.75) is 19.4 Å². The van der Waals surface area contributed by atoms with Crippen molar-refractivity contribution in [2.24, 2.45) is 0 Å². The summed E-state index contributed by atoms with van der Waals surface area (Å²) in [5.41, 5.74) is 2.36. The smallest absolute Gasteiger partial charge is 0.267 e. The summed E-state index contributed by atoms with van der Waals surface area (Å²) in [5, 5.41) is 2.87. The van der Waals surface area contributed by atoms with Crippen LogP contribution in [-0.4, -0.2) is 34.0 Å². The molecule has 0 fully saturated rings. The number of carbonyl (C=O) groups excluding carboxylic acids is 2. The fraction of sp³-hybridized carbons (Fsp3) is 0.190. The zero-order valence-corrected chi connectivity index (χ0v) is 15.4. The minimum absolute atomic E-state index is 0.142. The normalized spacial score (nSPS) is 15.7. The Morgan fingerprint density at radius 1 is 1.18 bits per heavy atom. The predicted octanol–water partition coefficient (Wildman–Crippen LogP) is 3.02. The Hall–Kier alpha value is -3.61. The number of nitrogens with one attached hydrogen (secondary N) is 1. The number of anilines is 2. The highest BCUT2D eigenvalue weighted by Gasteiger charge is 2.31. The van der Waals surface area contributed by atoms with Gasteiger partial charge in [-0.2, -0.15) is 0 Å². The van der Waals surface area contributed by atoms with Crippen molar-refractivity contribution in [3.8, 4) is 11.4 Å². The van der Waals surface area contributed by atoms with Gasteiger partial charge in [0.2, 0.25) is 5.91 Å². The topological polar surface area (TPSA) is 76.5 Å². The quantitative estimate of drug-likeness (QED) is 0.743. The Morgan fingerprint density at radius 3 is 2.71 bits per heavy atom. The average molecular weight is 376 g/mol. The molecule has 7 heteroatoms. The molecule has 1 atom stereocenters. The summed E-state index contributed by atoms with van der Waals surface area (Å²) in [4.78, 5) is 30.5. The predicted molar refractivity (Wildman–Crippen MR) is 106 cm³/mol. The fourth-order valence-corrected chi connectivity index (χ4v) is 3.16. The Balaban J connectivity index is 1.39. The van der Waals surface area contributed by atoms with Gasteiger partial charge in [0.1, 0.15) is 5.75 Å². The van der Waals surface area contributed by atoms with E-state index < -0.39 is 6.10 Å². The lowest BCUT2D eigenvalue weighted by molar-refractivity contribution is -0.125. The van der Waals surface area contributed by atoms with E-state index in [-0.39, 0.29) is 18.2 Å². The van der Waals surface area contributed by atoms with Gasteiger partial charge in [0.25, 0.3) is 5.91 Å². The van der Waals surface area contributed by atoms with E-state index in [1.54, 1.807) is 24.3 Å². The number of para-hydroxylation sites is 2. The van der Waals surface area contributed by atoms with Crippen LogP contribution in [0.1, 0.15) is 13.3 Å². The van der Waals surface area contributed by atoms with Crippen LogP contribution in [-0.2, 0) is 9.59 Å². The van der Waals surface area contributed by atoms with Gasteiger partial charge in [-0.3, -0.25) is 9.59 Å². The molecule has 1 N–H and O–H groups in total. The van der Waals surface area contributed by atoms with Gasteiger partial charge in [-0.05, 0) is 43.3 Å². The Bertz CT molecular complexity index is 983. The summed E-state index contributed by atoms with van der Waals surface area (Å²) in [7, 11) is 0. The number of rotatable bonds is 5. The first-order valence-electron chi connectivity index (χ1n) is 9.07. The van der Waals surface area contributed by atoms with Crippen LogP contribution in [0.5, 0.6) is 5.75 Å². The summed E-state index contributed by atoms with van der Waals surface area (Å²) in [6, 6.07) is 14.8. The van der Waals surface area contributed by atoms with Crippen molar-refractivity contribution in [2.75, 3.05) is 16.8 Å².